The van der Waals surface area contributed by atoms with Gasteiger partial charge in [0.2, 0.25) is 0 Å². The molecular weight excluding hydrogens is 306 g/mol. The molecule has 5 heteroatoms. The van der Waals surface area contributed by atoms with E-state index in [0.717, 1.165) is 12.8 Å². The molecule has 5 nitrogen and oxygen atoms in total. The molecule has 1 heterocycles. The maximum Gasteiger partial charge on any atom is 0.357 e. The third-order valence-corrected chi connectivity index (χ3v) is 3.49. The van der Waals surface area contributed by atoms with Crippen LogP contribution in [-0.2, 0) is 9.47 Å². The molecule has 0 bridgehead atoms. The molecule has 0 radical (unpaired) electrons. The Labute approximate surface area is 144 Å². The minimum atomic E-state index is -0.535. The molecule has 0 aliphatic heterocycles. The standard InChI is InChI=1S/C19H29NO4/c1-4-5-6-7-8-9-10-14-23-18(21)16-12-11-13-17(20-16)19(22)24-15(2)3/h11-13,15H,4-10,14H2,1-3H3. The van der Waals surface area contributed by atoms with Gasteiger partial charge in [-0.1, -0.05) is 51.5 Å². The summed E-state index contributed by atoms with van der Waals surface area (Å²) in [5.74, 6) is -1.04. The molecule has 134 valence electrons. The van der Waals surface area contributed by atoms with Crippen LogP contribution in [0.25, 0.3) is 0 Å². The van der Waals surface area contributed by atoms with Crippen molar-refractivity contribution in [2.75, 3.05) is 6.61 Å². The molecular formula is C19H29NO4. The SMILES string of the molecule is CCCCCCCCCOC(=O)c1cccc(C(=O)OC(C)C)n1. The van der Waals surface area contributed by atoms with Crippen LogP contribution in [-0.4, -0.2) is 29.6 Å². The molecule has 0 aromatic carbocycles. The first-order valence-corrected chi connectivity index (χ1v) is 8.89. The van der Waals surface area contributed by atoms with E-state index < -0.39 is 11.9 Å². The Morgan fingerprint density at radius 1 is 0.958 bits per heavy atom. The van der Waals surface area contributed by atoms with Gasteiger partial charge in [-0.3, -0.25) is 0 Å². The number of nitrogens with zero attached hydrogens (tertiary/aromatic N) is 1. The Morgan fingerprint density at radius 3 is 2.17 bits per heavy atom. The summed E-state index contributed by atoms with van der Waals surface area (Å²) in [7, 11) is 0. The highest BCUT2D eigenvalue weighted by molar-refractivity contribution is 5.91. The molecule has 0 N–H and O–H groups in total. The first-order valence-electron chi connectivity index (χ1n) is 8.89. The predicted molar refractivity (Wildman–Crippen MR) is 93.1 cm³/mol. The molecule has 0 spiro atoms. The van der Waals surface area contributed by atoms with Crippen molar-refractivity contribution in [1.82, 2.24) is 4.98 Å². The van der Waals surface area contributed by atoms with Gasteiger partial charge >= 0.3 is 11.9 Å². The Kier molecular flexibility index (Phi) is 9.73. The third-order valence-electron chi connectivity index (χ3n) is 3.49. The van der Waals surface area contributed by atoms with Crippen molar-refractivity contribution in [1.29, 1.82) is 0 Å². The van der Waals surface area contributed by atoms with Crippen LogP contribution in [0.5, 0.6) is 0 Å². The summed E-state index contributed by atoms with van der Waals surface area (Å²) >= 11 is 0. The van der Waals surface area contributed by atoms with Crippen LogP contribution in [0.3, 0.4) is 0 Å². The van der Waals surface area contributed by atoms with Crippen LogP contribution in [0.1, 0.15) is 86.7 Å². The topological polar surface area (TPSA) is 65.5 Å². The van der Waals surface area contributed by atoms with Crippen molar-refractivity contribution < 1.29 is 19.1 Å². The fourth-order valence-electron chi connectivity index (χ4n) is 2.23. The van der Waals surface area contributed by atoms with E-state index in [1.165, 1.54) is 38.2 Å². The quantitative estimate of drug-likeness (QED) is 0.438. The van der Waals surface area contributed by atoms with Crippen LogP contribution in [0.15, 0.2) is 18.2 Å². The summed E-state index contributed by atoms with van der Waals surface area (Å²) in [6.07, 6.45) is 7.91. The summed E-state index contributed by atoms with van der Waals surface area (Å²) in [5.41, 5.74) is 0.255. The Hall–Kier alpha value is -1.91. The summed E-state index contributed by atoms with van der Waals surface area (Å²) in [4.78, 5) is 27.8. The summed E-state index contributed by atoms with van der Waals surface area (Å²) in [6, 6.07) is 4.67. The van der Waals surface area contributed by atoms with Gasteiger partial charge in [0.05, 0.1) is 12.7 Å². The second kappa shape index (κ2) is 11.6. The van der Waals surface area contributed by atoms with E-state index in [9.17, 15) is 9.59 Å². The maximum absolute atomic E-state index is 12.0. The number of hydrogen-bond donors (Lipinski definition) is 0. The molecule has 0 saturated carbocycles. The van der Waals surface area contributed by atoms with E-state index in [0.29, 0.717) is 6.61 Å². The number of ether oxygens (including phenoxy) is 2. The number of hydrogen-bond acceptors (Lipinski definition) is 5. The number of esters is 2. The number of pyridine rings is 1. The second-order valence-electron chi connectivity index (χ2n) is 6.12. The van der Waals surface area contributed by atoms with Gasteiger partial charge in [0.15, 0.2) is 0 Å². The summed E-state index contributed by atoms with van der Waals surface area (Å²) in [6.45, 7) is 6.11. The first-order chi connectivity index (χ1) is 11.5. The fraction of sp³-hybridized carbons (Fsp3) is 0.632. The lowest BCUT2D eigenvalue weighted by Crippen LogP contribution is -2.15. The van der Waals surface area contributed by atoms with Crippen LogP contribution < -0.4 is 0 Å². The third kappa shape index (κ3) is 8.09. The van der Waals surface area contributed by atoms with Gasteiger partial charge < -0.3 is 9.47 Å². The van der Waals surface area contributed by atoms with E-state index in [1.54, 1.807) is 26.0 Å². The lowest BCUT2D eigenvalue weighted by atomic mass is 10.1. The molecule has 0 atom stereocenters. The number of aromatic nitrogens is 1. The van der Waals surface area contributed by atoms with Gasteiger partial charge in [-0.15, -0.1) is 0 Å². The molecule has 0 unspecified atom stereocenters. The van der Waals surface area contributed by atoms with Gasteiger partial charge in [-0.25, -0.2) is 14.6 Å². The van der Waals surface area contributed by atoms with Crippen LogP contribution in [0.2, 0.25) is 0 Å². The maximum atomic E-state index is 12.0. The van der Waals surface area contributed by atoms with Crippen molar-refractivity contribution in [3.05, 3.63) is 29.6 Å². The average Bonchev–Trinajstić information content (AvgIpc) is 2.56. The molecule has 1 aromatic heterocycles. The zero-order valence-corrected chi connectivity index (χ0v) is 15.0. The van der Waals surface area contributed by atoms with E-state index in [1.807, 2.05) is 0 Å². The number of rotatable bonds is 11. The Morgan fingerprint density at radius 2 is 1.54 bits per heavy atom. The van der Waals surface area contributed by atoms with Gasteiger partial charge in [-0.2, -0.15) is 0 Å². The highest BCUT2D eigenvalue weighted by Gasteiger charge is 2.15. The smallest absolute Gasteiger partial charge is 0.357 e. The van der Waals surface area contributed by atoms with Crippen LogP contribution in [0.4, 0.5) is 0 Å². The van der Waals surface area contributed by atoms with Crippen molar-refractivity contribution >= 4 is 11.9 Å². The number of carbonyl (C=O) groups excluding carboxylic acids is 2. The van der Waals surface area contributed by atoms with Gasteiger partial charge in [-0.05, 0) is 32.4 Å². The first kappa shape index (κ1) is 20.1. The molecule has 0 saturated heterocycles. The van der Waals surface area contributed by atoms with Crippen molar-refractivity contribution in [2.24, 2.45) is 0 Å². The molecule has 0 fully saturated rings. The predicted octanol–water partition coefficient (Wildman–Crippen LogP) is 4.55. The average molecular weight is 335 g/mol. The summed E-state index contributed by atoms with van der Waals surface area (Å²) < 4.78 is 10.3. The van der Waals surface area contributed by atoms with E-state index in [-0.39, 0.29) is 17.5 Å². The lowest BCUT2D eigenvalue weighted by Gasteiger charge is -2.08. The van der Waals surface area contributed by atoms with Crippen molar-refractivity contribution in [2.45, 2.75) is 71.8 Å². The molecule has 0 aliphatic rings. The van der Waals surface area contributed by atoms with E-state index in [4.69, 9.17) is 9.47 Å². The zero-order valence-electron chi connectivity index (χ0n) is 15.0. The molecule has 0 aliphatic carbocycles. The highest BCUT2D eigenvalue weighted by Crippen LogP contribution is 2.08. The monoisotopic (exact) mass is 335 g/mol. The number of carbonyl (C=O) groups is 2. The molecule has 24 heavy (non-hydrogen) atoms. The minimum absolute atomic E-state index is 0.120. The Bertz CT molecular complexity index is 514. The largest absolute Gasteiger partial charge is 0.461 e. The normalized spacial score (nSPS) is 10.7. The Balaban J connectivity index is 2.33. The zero-order chi connectivity index (χ0) is 17.8. The number of unbranched alkanes of at least 4 members (excludes halogenated alkanes) is 6. The minimum Gasteiger partial charge on any atom is -0.461 e. The lowest BCUT2D eigenvalue weighted by molar-refractivity contribution is 0.0370. The second-order valence-corrected chi connectivity index (χ2v) is 6.12. The van der Waals surface area contributed by atoms with Crippen molar-refractivity contribution in [3.8, 4) is 0 Å². The van der Waals surface area contributed by atoms with Crippen LogP contribution >= 0.6 is 0 Å². The fourth-order valence-corrected chi connectivity index (χ4v) is 2.23. The van der Waals surface area contributed by atoms with Gasteiger partial charge in [0.1, 0.15) is 11.4 Å². The molecule has 1 aromatic rings. The van der Waals surface area contributed by atoms with Crippen LogP contribution in [0, 0.1) is 0 Å². The molecule has 1 rings (SSSR count). The summed E-state index contributed by atoms with van der Waals surface area (Å²) in [5, 5.41) is 0. The van der Waals surface area contributed by atoms with Gasteiger partial charge in [0, 0.05) is 0 Å². The van der Waals surface area contributed by atoms with E-state index >= 15 is 0 Å². The molecule has 0 amide bonds. The van der Waals surface area contributed by atoms with E-state index in [2.05, 4.69) is 11.9 Å². The van der Waals surface area contributed by atoms with Gasteiger partial charge in [0.25, 0.3) is 0 Å². The highest BCUT2D eigenvalue weighted by atomic mass is 16.5. The van der Waals surface area contributed by atoms with Crippen molar-refractivity contribution in [3.63, 3.8) is 0 Å².